The van der Waals surface area contributed by atoms with Gasteiger partial charge in [0.2, 0.25) is 0 Å². The molecule has 0 spiro atoms. The predicted molar refractivity (Wildman–Crippen MR) is 109 cm³/mol. The molecule has 0 aliphatic carbocycles. The molecule has 3 rings (SSSR count). The summed E-state index contributed by atoms with van der Waals surface area (Å²) in [6.45, 7) is 3.52. The number of allylic oxidation sites excluding steroid dienone is 1. The van der Waals surface area contributed by atoms with Crippen molar-refractivity contribution in [2.24, 2.45) is 0 Å². The Hall–Kier alpha value is -3.87. The lowest BCUT2D eigenvalue weighted by atomic mass is 10.1. The Morgan fingerprint density at radius 1 is 1.24 bits per heavy atom. The van der Waals surface area contributed by atoms with Crippen LogP contribution in [0, 0.1) is 0 Å². The van der Waals surface area contributed by atoms with E-state index in [9.17, 15) is 14.4 Å². The van der Waals surface area contributed by atoms with E-state index in [1.807, 2.05) is 6.07 Å². The molecule has 0 bridgehead atoms. The van der Waals surface area contributed by atoms with Crippen LogP contribution in [0.1, 0.15) is 26.3 Å². The minimum Gasteiger partial charge on any atom is -0.493 e. The first kappa shape index (κ1) is 19.9. The van der Waals surface area contributed by atoms with Gasteiger partial charge in [-0.05, 0) is 48.4 Å². The van der Waals surface area contributed by atoms with Crippen molar-refractivity contribution in [3.05, 3.63) is 82.2 Å². The number of rotatable bonds is 8. The zero-order valence-electron chi connectivity index (χ0n) is 15.7. The van der Waals surface area contributed by atoms with Gasteiger partial charge in [0.25, 0.3) is 0 Å². The third-order valence-electron chi connectivity index (χ3n) is 4.32. The van der Waals surface area contributed by atoms with Gasteiger partial charge in [0.15, 0.2) is 17.1 Å². The van der Waals surface area contributed by atoms with Crippen LogP contribution < -0.4 is 15.7 Å². The fourth-order valence-electron chi connectivity index (χ4n) is 2.93. The lowest BCUT2D eigenvalue weighted by Crippen LogP contribution is -2.21. The number of carbonyl (C=O) groups is 2. The third-order valence-corrected chi connectivity index (χ3v) is 4.32. The van der Waals surface area contributed by atoms with Crippen molar-refractivity contribution >= 4 is 28.4 Å². The van der Waals surface area contributed by atoms with Gasteiger partial charge in [-0.3, -0.25) is 4.79 Å². The quantitative estimate of drug-likeness (QED) is 0.343. The van der Waals surface area contributed by atoms with Gasteiger partial charge in [-0.15, -0.1) is 6.58 Å². The van der Waals surface area contributed by atoms with Crippen LogP contribution in [0.4, 0.5) is 5.69 Å². The van der Waals surface area contributed by atoms with E-state index in [1.165, 1.54) is 25.3 Å². The minimum atomic E-state index is -1.07. The molecule has 3 aromatic rings. The van der Waals surface area contributed by atoms with Crippen molar-refractivity contribution in [2.45, 2.75) is 6.42 Å². The summed E-state index contributed by atoms with van der Waals surface area (Å²) in [6.07, 6.45) is 2.33. The van der Waals surface area contributed by atoms with Gasteiger partial charge >= 0.3 is 11.6 Å². The number of ether oxygens (including phenoxy) is 1. The first-order valence-electron chi connectivity index (χ1n) is 8.79. The highest BCUT2D eigenvalue weighted by Gasteiger charge is 2.16. The highest BCUT2D eigenvalue weighted by atomic mass is 16.5. The molecular formula is C22H19NO6. The van der Waals surface area contributed by atoms with Crippen molar-refractivity contribution in [1.29, 1.82) is 0 Å². The van der Waals surface area contributed by atoms with Crippen LogP contribution in [-0.2, 0) is 6.42 Å². The van der Waals surface area contributed by atoms with Gasteiger partial charge < -0.3 is 19.6 Å². The Labute approximate surface area is 166 Å². The van der Waals surface area contributed by atoms with Crippen LogP contribution in [0.3, 0.4) is 0 Å². The summed E-state index contributed by atoms with van der Waals surface area (Å²) in [4.78, 5) is 36.0. The Morgan fingerprint density at radius 3 is 2.72 bits per heavy atom. The first-order chi connectivity index (χ1) is 13.9. The van der Waals surface area contributed by atoms with Crippen LogP contribution in [-0.4, -0.2) is 30.5 Å². The van der Waals surface area contributed by atoms with E-state index in [-0.39, 0.29) is 23.3 Å². The molecule has 0 aliphatic rings. The van der Waals surface area contributed by atoms with Gasteiger partial charge in [0.1, 0.15) is 5.56 Å². The van der Waals surface area contributed by atoms with Crippen LogP contribution in [0.25, 0.3) is 11.0 Å². The zero-order chi connectivity index (χ0) is 21.0. The van der Waals surface area contributed by atoms with Gasteiger partial charge in [0.05, 0.1) is 19.2 Å². The molecule has 0 saturated carbocycles. The highest BCUT2D eigenvalue weighted by molar-refractivity contribution is 6.01. The summed E-state index contributed by atoms with van der Waals surface area (Å²) < 4.78 is 10.6. The number of Topliss-reactive ketones (excluding diaryl/α,β-unsaturated/α-hetero) is 1. The molecule has 1 aromatic heterocycles. The van der Waals surface area contributed by atoms with Crippen LogP contribution >= 0.6 is 0 Å². The summed E-state index contributed by atoms with van der Waals surface area (Å²) in [6, 6.07) is 11.1. The lowest BCUT2D eigenvalue weighted by molar-refractivity contribution is 0.0696. The number of methoxy groups -OCH3 is 1. The van der Waals surface area contributed by atoms with Gasteiger partial charge in [-0.2, -0.15) is 0 Å². The zero-order valence-corrected chi connectivity index (χ0v) is 15.7. The molecule has 7 heteroatoms. The smallest absolute Gasteiger partial charge is 0.347 e. The molecule has 2 aromatic carbocycles. The molecule has 1 heterocycles. The van der Waals surface area contributed by atoms with E-state index in [2.05, 4.69) is 11.9 Å². The maximum Gasteiger partial charge on any atom is 0.347 e. The number of ketones is 1. The Balaban J connectivity index is 1.90. The number of hydrogen-bond acceptors (Lipinski definition) is 6. The van der Waals surface area contributed by atoms with E-state index in [1.54, 1.807) is 24.3 Å². The number of aromatic carboxylic acids is 1. The van der Waals surface area contributed by atoms with Crippen LogP contribution in [0.15, 0.2) is 64.3 Å². The first-order valence-corrected chi connectivity index (χ1v) is 8.79. The molecule has 0 amide bonds. The number of anilines is 1. The van der Waals surface area contributed by atoms with E-state index in [0.717, 1.165) is 5.56 Å². The molecule has 2 N–H and O–H groups in total. The van der Waals surface area contributed by atoms with Crippen molar-refractivity contribution in [1.82, 2.24) is 0 Å². The van der Waals surface area contributed by atoms with Crippen molar-refractivity contribution in [3.8, 4) is 5.75 Å². The van der Waals surface area contributed by atoms with Crippen LogP contribution in [0.5, 0.6) is 5.75 Å². The summed E-state index contributed by atoms with van der Waals surface area (Å²) >= 11 is 0. The molecule has 0 aliphatic heterocycles. The topological polar surface area (TPSA) is 106 Å². The van der Waals surface area contributed by atoms with Gasteiger partial charge in [-0.25, -0.2) is 9.59 Å². The Bertz CT molecular complexity index is 1160. The molecular weight excluding hydrogens is 374 g/mol. The summed E-state index contributed by atoms with van der Waals surface area (Å²) in [5.74, 6) is -1.15. The predicted octanol–water partition coefficient (Wildman–Crippen LogP) is 3.52. The molecule has 0 fully saturated rings. The maximum atomic E-state index is 12.6. The van der Waals surface area contributed by atoms with Crippen molar-refractivity contribution < 1.29 is 23.8 Å². The Morgan fingerprint density at radius 2 is 2.03 bits per heavy atom. The molecule has 0 unspecified atom stereocenters. The average molecular weight is 393 g/mol. The highest BCUT2D eigenvalue weighted by Crippen LogP contribution is 2.27. The second kappa shape index (κ2) is 8.43. The molecule has 0 radical (unpaired) electrons. The van der Waals surface area contributed by atoms with Crippen LogP contribution in [0.2, 0.25) is 0 Å². The molecule has 148 valence electrons. The summed E-state index contributed by atoms with van der Waals surface area (Å²) in [5.41, 5.74) is 0.854. The third kappa shape index (κ3) is 4.35. The maximum absolute atomic E-state index is 12.6. The number of hydrogen-bond donors (Lipinski definition) is 2. The van der Waals surface area contributed by atoms with Gasteiger partial charge in [-0.1, -0.05) is 12.1 Å². The van der Waals surface area contributed by atoms with Crippen molar-refractivity contribution in [3.63, 3.8) is 0 Å². The lowest BCUT2D eigenvalue weighted by Gasteiger charge is -2.09. The minimum absolute atomic E-state index is 0.0921. The summed E-state index contributed by atoms with van der Waals surface area (Å²) in [7, 11) is 1.47. The molecule has 29 heavy (non-hydrogen) atoms. The number of carboxylic acid groups (broad SMARTS) is 1. The number of fused-ring (bicyclic) bond motifs is 1. The Kier molecular flexibility index (Phi) is 5.78. The molecule has 0 atom stereocenters. The van der Waals surface area contributed by atoms with E-state index in [4.69, 9.17) is 14.3 Å². The fourth-order valence-corrected chi connectivity index (χ4v) is 2.93. The SMILES string of the molecule is C=CCc1cc(OC)c2oc(=O)c(C(=O)CNc3cccc(C(=O)O)c3)cc2c1. The van der Waals surface area contributed by atoms with Gasteiger partial charge in [0, 0.05) is 11.1 Å². The second-order valence-electron chi connectivity index (χ2n) is 6.32. The number of benzene rings is 2. The second-order valence-corrected chi connectivity index (χ2v) is 6.32. The summed E-state index contributed by atoms with van der Waals surface area (Å²) in [5, 5.41) is 12.4. The number of carbonyl (C=O) groups excluding carboxylic acids is 1. The molecule has 0 saturated heterocycles. The largest absolute Gasteiger partial charge is 0.493 e. The number of nitrogens with one attached hydrogen (secondary N) is 1. The van der Waals surface area contributed by atoms with E-state index >= 15 is 0 Å². The van der Waals surface area contributed by atoms with Crippen molar-refractivity contribution in [2.75, 3.05) is 19.0 Å². The average Bonchev–Trinajstić information content (AvgIpc) is 2.71. The van der Waals surface area contributed by atoms with E-state index < -0.39 is 17.4 Å². The number of carboxylic acids is 1. The molecule has 7 nitrogen and oxygen atoms in total. The normalized spacial score (nSPS) is 10.5. The fraction of sp³-hybridized carbons (Fsp3) is 0.136. The monoisotopic (exact) mass is 393 g/mol. The standard InChI is InChI=1S/C22H19NO6/c1-3-5-13-8-15-11-17(22(27)29-20(15)19(9-13)28-2)18(24)12-23-16-7-4-6-14(10-16)21(25)26/h3-4,6-11,23H,1,5,12H2,2H3,(H,25,26). The van der Waals surface area contributed by atoms with E-state index in [0.29, 0.717) is 23.2 Å².